The topological polar surface area (TPSA) is 24.6 Å². The van der Waals surface area contributed by atoms with Crippen molar-refractivity contribution in [3.05, 3.63) is 29.1 Å². The fourth-order valence-corrected chi connectivity index (χ4v) is 0.656. The minimum absolute atomic E-state index is 0.259. The molecule has 0 radical (unpaired) electrons. The number of benzene rings is 1. The molecule has 0 fully saturated rings. The van der Waals surface area contributed by atoms with Crippen molar-refractivity contribution in [2.24, 2.45) is 0 Å². The van der Waals surface area contributed by atoms with Crippen LogP contribution in [0.2, 0.25) is 0 Å². The van der Waals surface area contributed by atoms with E-state index in [4.69, 9.17) is 5.11 Å². The van der Waals surface area contributed by atoms with E-state index >= 15 is 0 Å². The van der Waals surface area contributed by atoms with E-state index in [1.807, 2.05) is 0 Å². The normalized spacial score (nSPS) is 8.10. The lowest BCUT2D eigenvalue weighted by Crippen LogP contribution is -1.60. The van der Waals surface area contributed by atoms with E-state index in [1.54, 1.807) is 31.2 Å². The number of phenolic OH excluding ortho intramolecular Hbond substituents is 1. The Bertz CT molecular complexity index is 266. The second kappa shape index (κ2) is 2.88. The van der Waals surface area contributed by atoms with Gasteiger partial charge >= 0.3 is 5.69 Å². The molecule has 0 heterocycles. The van der Waals surface area contributed by atoms with Crippen LogP contribution in [0.15, 0.2) is 24.3 Å². The summed E-state index contributed by atoms with van der Waals surface area (Å²) in [5.74, 6) is 0.259. The van der Waals surface area contributed by atoms with Crippen LogP contribution in [0.5, 0.6) is 5.75 Å². The Morgan fingerprint density at radius 2 is 1.90 bits per heavy atom. The van der Waals surface area contributed by atoms with E-state index in [0.29, 0.717) is 0 Å². The molecule has 1 aromatic carbocycles. The highest BCUT2D eigenvalue weighted by molar-refractivity contribution is 5.47. The summed E-state index contributed by atoms with van der Waals surface area (Å²) in [4.78, 5) is 3.89. The summed E-state index contributed by atoms with van der Waals surface area (Å²) in [5, 5.41) is 8.86. The summed E-state index contributed by atoms with van der Waals surface area (Å²) in [5.41, 5.74) is 0.806. The second-order valence-corrected chi connectivity index (χ2v) is 1.85. The van der Waals surface area contributed by atoms with Gasteiger partial charge in [-0.25, -0.2) is 0 Å². The van der Waals surface area contributed by atoms with Gasteiger partial charge in [-0.2, -0.15) is 0 Å². The molecule has 0 spiro atoms. The molecule has 0 saturated heterocycles. The van der Waals surface area contributed by atoms with Crippen LogP contribution in [-0.2, 0) is 0 Å². The van der Waals surface area contributed by atoms with Gasteiger partial charge in [0.05, 0.1) is 6.92 Å². The number of rotatable bonds is 0. The van der Waals surface area contributed by atoms with Crippen LogP contribution in [0, 0.1) is 6.07 Å². The third-order valence-corrected chi connectivity index (χ3v) is 1.09. The summed E-state index contributed by atoms with van der Waals surface area (Å²) in [6.45, 7) is 1.73. The van der Waals surface area contributed by atoms with Gasteiger partial charge in [0.25, 0.3) is 6.07 Å². The zero-order valence-corrected chi connectivity index (χ0v) is 5.70. The van der Waals surface area contributed by atoms with Crippen molar-refractivity contribution in [2.75, 3.05) is 0 Å². The van der Waals surface area contributed by atoms with Gasteiger partial charge in [0.2, 0.25) is 0 Å². The van der Waals surface area contributed by atoms with E-state index in [2.05, 4.69) is 10.9 Å². The number of aromatic hydroxyl groups is 1. The summed E-state index contributed by atoms with van der Waals surface area (Å²) in [7, 11) is 0. The maximum Gasteiger partial charge on any atom is 0.340 e. The first-order valence-corrected chi connectivity index (χ1v) is 2.99. The summed E-state index contributed by atoms with van der Waals surface area (Å²) >= 11 is 0. The van der Waals surface area contributed by atoms with E-state index in [1.165, 1.54) is 0 Å². The molecule has 1 rings (SSSR count). The first kappa shape index (κ1) is 6.63. The van der Waals surface area contributed by atoms with E-state index in [0.717, 1.165) is 5.69 Å². The highest BCUT2D eigenvalue weighted by Crippen LogP contribution is 2.15. The lowest BCUT2D eigenvalue weighted by Gasteiger charge is -1.82. The van der Waals surface area contributed by atoms with Gasteiger partial charge in [0, 0.05) is 12.1 Å². The highest BCUT2D eigenvalue weighted by atomic mass is 16.3. The number of hydrogen-bond donors (Lipinski definition) is 1. The monoisotopic (exact) mass is 134 g/mol. The first-order chi connectivity index (χ1) is 4.83. The van der Waals surface area contributed by atoms with Crippen LogP contribution in [0.4, 0.5) is 5.69 Å². The summed E-state index contributed by atoms with van der Waals surface area (Å²) < 4.78 is 0. The largest absolute Gasteiger partial charge is 0.508 e. The third-order valence-electron chi connectivity index (χ3n) is 1.09. The number of hydrogen-bond acceptors (Lipinski definition) is 1. The van der Waals surface area contributed by atoms with Gasteiger partial charge in [-0.05, 0) is 17.0 Å². The van der Waals surface area contributed by atoms with Crippen LogP contribution < -0.4 is 0 Å². The van der Waals surface area contributed by atoms with E-state index in [9.17, 15) is 0 Å². The van der Waals surface area contributed by atoms with Gasteiger partial charge < -0.3 is 5.11 Å². The van der Waals surface area contributed by atoms with Crippen LogP contribution in [0.3, 0.4) is 0 Å². The molecule has 0 aromatic heterocycles. The van der Waals surface area contributed by atoms with Crippen molar-refractivity contribution in [2.45, 2.75) is 6.92 Å². The standard InChI is InChI=1S/C8H7NO/c1-2-9-7-3-5-8(10)6-4-7/h3-6H,1H3/p+1. The Morgan fingerprint density at radius 3 is 2.40 bits per heavy atom. The molecular formula is C8H8NO+. The van der Waals surface area contributed by atoms with Crippen molar-refractivity contribution >= 4 is 5.69 Å². The van der Waals surface area contributed by atoms with Crippen molar-refractivity contribution in [1.29, 1.82) is 0 Å². The predicted octanol–water partition coefficient (Wildman–Crippen LogP) is 2.38. The van der Waals surface area contributed by atoms with Gasteiger partial charge in [-0.1, -0.05) is 0 Å². The smallest absolute Gasteiger partial charge is 0.340 e. The zero-order valence-electron chi connectivity index (χ0n) is 5.70. The molecule has 0 aliphatic carbocycles. The molecule has 0 atom stereocenters. The number of nitrogens with zero attached hydrogens (tertiary/aromatic N) is 1. The molecule has 0 saturated carbocycles. The average Bonchev–Trinajstić information content (AvgIpc) is 1.95. The van der Waals surface area contributed by atoms with Gasteiger partial charge in [0.1, 0.15) is 5.75 Å². The average molecular weight is 134 g/mol. The third kappa shape index (κ3) is 1.49. The van der Waals surface area contributed by atoms with Gasteiger partial charge in [0.15, 0.2) is 0 Å². The molecule has 50 valence electrons. The van der Waals surface area contributed by atoms with Gasteiger partial charge in [-0.15, -0.1) is 0 Å². The van der Waals surface area contributed by atoms with Crippen molar-refractivity contribution in [1.82, 2.24) is 0 Å². The second-order valence-electron chi connectivity index (χ2n) is 1.85. The van der Waals surface area contributed by atoms with E-state index < -0.39 is 0 Å². The molecule has 0 unspecified atom stereocenters. The fourth-order valence-electron chi connectivity index (χ4n) is 0.656. The molecule has 1 aromatic rings. The molecule has 1 N–H and O–H groups in total. The fraction of sp³-hybridized carbons (Fsp3) is 0.125. The first-order valence-electron chi connectivity index (χ1n) is 2.99. The molecule has 2 nitrogen and oxygen atoms in total. The van der Waals surface area contributed by atoms with Crippen molar-refractivity contribution in [3.63, 3.8) is 0 Å². The molecule has 2 heteroatoms. The molecule has 0 aliphatic heterocycles. The number of phenols is 1. The predicted molar refractivity (Wildman–Crippen MR) is 40.7 cm³/mol. The van der Waals surface area contributed by atoms with Gasteiger partial charge in [-0.3, -0.25) is 0 Å². The summed E-state index contributed by atoms with van der Waals surface area (Å²) in [6.07, 6.45) is 0. The SMILES string of the molecule is CC#[N+]c1ccc(O)cc1. The molecule has 0 aliphatic rings. The Labute approximate surface area is 59.6 Å². The Kier molecular flexibility index (Phi) is 1.91. The lowest BCUT2D eigenvalue weighted by molar-refractivity contribution is 0.475. The molecule has 0 amide bonds. The molecule has 0 bridgehead atoms. The molecular weight excluding hydrogens is 126 g/mol. The Balaban J connectivity index is 2.97. The molecule has 10 heavy (non-hydrogen) atoms. The van der Waals surface area contributed by atoms with Crippen molar-refractivity contribution in [3.8, 4) is 11.8 Å². The minimum atomic E-state index is 0.259. The van der Waals surface area contributed by atoms with E-state index in [-0.39, 0.29) is 5.75 Å². The van der Waals surface area contributed by atoms with Crippen LogP contribution in [0.1, 0.15) is 6.92 Å². The van der Waals surface area contributed by atoms with Crippen LogP contribution in [-0.4, -0.2) is 5.11 Å². The summed E-state index contributed by atoms with van der Waals surface area (Å²) in [6, 6.07) is 9.29. The highest BCUT2D eigenvalue weighted by Gasteiger charge is 1.97. The van der Waals surface area contributed by atoms with Crippen LogP contribution >= 0.6 is 0 Å². The maximum atomic E-state index is 8.86. The van der Waals surface area contributed by atoms with Crippen molar-refractivity contribution < 1.29 is 5.11 Å². The lowest BCUT2D eigenvalue weighted by atomic mass is 10.3. The van der Waals surface area contributed by atoms with Crippen LogP contribution in [0.25, 0.3) is 4.85 Å². The maximum absolute atomic E-state index is 8.86. The Morgan fingerprint density at radius 1 is 1.30 bits per heavy atom. The zero-order chi connectivity index (χ0) is 7.40. The minimum Gasteiger partial charge on any atom is -0.508 e. The quantitative estimate of drug-likeness (QED) is 0.578. The Hall–Kier alpha value is -1.49.